The first kappa shape index (κ1) is 10.9. The molecule has 1 N–H and O–H groups in total. The van der Waals surface area contributed by atoms with Gasteiger partial charge in [-0.2, -0.15) is 0 Å². The Balaban J connectivity index is 1.74. The quantitative estimate of drug-likeness (QED) is 0.760. The topological polar surface area (TPSA) is 51.0 Å². The summed E-state index contributed by atoms with van der Waals surface area (Å²) in [5.41, 5.74) is 1.19. The van der Waals surface area contributed by atoms with Gasteiger partial charge in [-0.3, -0.25) is 4.98 Å². The van der Waals surface area contributed by atoms with E-state index in [9.17, 15) is 0 Å². The van der Waals surface area contributed by atoms with Crippen molar-refractivity contribution in [2.24, 2.45) is 0 Å². The molecule has 0 aliphatic rings. The second-order valence-corrected chi connectivity index (χ2v) is 4.10. The minimum absolute atomic E-state index is 0.670. The number of hydrogen-bond donors (Lipinski definition) is 1. The van der Waals surface area contributed by atoms with E-state index >= 15 is 0 Å². The van der Waals surface area contributed by atoms with Gasteiger partial charge in [-0.1, -0.05) is 29.4 Å². The number of hydrogen-bond acceptors (Lipinski definition) is 4. The lowest BCUT2D eigenvalue weighted by molar-refractivity contribution is 0.373. The van der Waals surface area contributed by atoms with Crippen LogP contribution in [0, 0.1) is 0 Å². The Hall–Kier alpha value is -2.20. The van der Waals surface area contributed by atoms with E-state index in [-0.39, 0.29) is 0 Å². The van der Waals surface area contributed by atoms with E-state index in [4.69, 9.17) is 4.52 Å². The Morgan fingerprint density at radius 2 is 2.00 bits per heavy atom. The van der Waals surface area contributed by atoms with Crippen LogP contribution >= 0.6 is 0 Å². The van der Waals surface area contributed by atoms with Crippen LogP contribution in [0.4, 0.5) is 0 Å². The lowest BCUT2D eigenvalue weighted by Gasteiger charge is -2.06. The molecule has 0 aliphatic heterocycles. The van der Waals surface area contributed by atoms with E-state index in [1.54, 1.807) is 6.20 Å². The Morgan fingerprint density at radius 1 is 1.06 bits per heavy atom. The van der Waals surface area contributed by atoms with Crippen LogP contribution < -0.4 is 5.32 Å². The standard InChI is InChI=1S/C14H13N3O/c1-2-4-14-11(3-1)7-15-8-12(14)9-16-10-13-5-6-17-18-13/h1-8,16H,9-10H2. The second-order valence-electron chi connectivity index (χ2n) is 4.10. The molecule has 4 nitrogen and oxygen atoms in total. The van der Waals surface area contributed by atoms with E-state index in [0.717, 1.165) is 17.7 Å². The minimum atomic E-state index is 0.670. The Bertz CT molecular complexity index is 629. The monoisotopic (exact) mass is 239 g/mol. The molecule has 0 aliphatic carbocycles. The minimum Gasteiger partial charge on any atom is -0.360 e. The van der Waals surface area contributed by atoms with E-state index in [2.05, 4.69) is 27.6 Å². The second kappa shape index (κ2) is 4.98. The highest BCUT2D eigenvalue weighted by Gasteiger charge is 2.01. The van der Waals surface area contributed by atoms with Gasteiger partial charge in [-0.15, -0.1) is 0 Å². The molecule has 0 radical (unpaired) electrons. The highest BCUT2D eigenvalue weighted by molar-refractivity contribution is 5.84. The van der Waals surface area contributed by atoms with Crippen LogP contribution in [-0.4, -0.2) is 10.1 Å². The van der Waals surface area contributed by atoms with Crippen molar-refractivity contribution in [1.29, 1.82) is 0 Å². The molecule has 0 atom stereocenters. The molecule has 18 heavy (non-hydrogen) atoms. The molecule has 0 unspecified atom stereocenters. The summed E-state index contributed by atoms with van der Waals surface area (Å²) in [4.78, 5) is 4.25. The Kier molecular flexibility index (Phi) is 3.02. The Labute approximate surface area is 105 Å². The lowest BCUT2D eigenvalue weighted by Crippen LogP contribution is -2.12. The molecule has 2 aromatic heterocycles. The van der Waals surface area contributed by atoms with Crippen LogP contribution in [0.15, 0.2) is 53.4 Å². The number of pyridine rings is 1. The summed E-state index contributed by atoms with van der Waals surface area (Å²) < 4.78 is 5.03. The van der Waals surface area contributed by atoms with Crippen LogP contribution in [-0.2, 0) is 13.1 Å². The fourth-order valence-electron chi connectivity index (χ4n) is 1.97. The van der Waals surface area contributed by atoms with Gasteiger partial charge in [0.25, 0.3) is 0 Å². The smallest absolute Gasteiger partial charge is 0.150 e. The highest BCUT2D eigenvalue weighted by atomic mass is 16.5. The van der Waals surface area contributed by atoms with Crippen LogP contribution in [0.25, 0.3) is 10.8 Å². The molecular formula is C14H13N3O. The largest absolute Gasteiger partial charge is 0.360 e. The zero-order valence-corrected chi connectivity index (χ0v) is 9.84. The number of nitrogens with one attached hydrogen (secondary N) is 1. The van der Waals surface area contributed by atoms with Crippen molar-refractivity contribution in [3.63, 3.8) is 0 Å². The van der Waals surface area contributed by atoms with Crippen molar-refractivity contribution in [1.82, 2.24) is 15.5 Å². The first-order valence-electron chi connectivity index (χ1n) is 5.85. The van der Waals surface area contributed by atoms with E-state index in [0.29, 0.717) is 6.54 Å². The first-order valence-corrected chi connectivity index (χ1v) is 5.85. The molecule has 2 heterocycles. The predicted molar refractivity (Wildman–Crippen MR) is 68.8 cm³/mol. The molecule has 0 saturated carbocycles. The Morgan fingerprint density at radius 3 is 2.89 bits per heavy atom. The number of fused-ring (bicyclic) bond motifs is 1. The summed E-state index contributed by atoms with van der Waals surface area (Å²) in [5, 5.41) is 9.39. The van der Waals surface area contributed by atoms with E-state index in [1.165, 1.54) is 10.9 Å². The van der Waals surface area contributed by atoms with Crippen molar-refractivity contribution < 1.29 is 4.52 Å². The van der Waals surface area contributed by atoms with Gasteiger partial charge in [-0.05, 0) is 10.9 Å². The number of nitrogens with zero attached hydrogens (tertiary/aromatic N) is 2. The summed E-state index contributed by atoms with van der Waals surface area (Å²) in [7, 11) is 0. The van der Waals surface area contributed by atoms with Crippen LogP contribution in [0.2, 0.25) is 0 Å². The third-order valence-corrected chi connectivity index (χ3v) is 2.86. The van der Waals surface area contributed by atoms with Crippen molar-refractivity contribution in [2.45, 2.75) is 13.1 Å². The zero-order chi connectivity index (χ0) is 12.2. The fourth-order valence-corrected chi connectivity index (χ4v) is 1.97. The summed E-state index contributed by atoms with van der Waals surface area (Å²) in [5.74, 6) is 0.836. The maximum atomic E-state index is 5.03. The molecule has 0 amide bonds. The lowest BCUT2D eigenvalue weighted by atomic mass is 10.1. The zero-order valence-electron chi connectivity index (χ0n) is 9.84. The van der Waals surface area contributed by atoms with E-state index < -0.39 is 0 Å². The highest BCUT2D eigenvalue weighted by Crippen LogP contribution is 2.16. The maximum absolute atomic E-state index is 5.03. The number of aromatic nitrogens is 2. The van der Waals surface area contributed by atoms with Crippen molar-refractivity contribution in [3.8, 4) is 0 Å². The molecule has 0 spiro atoms. The van der Waals surface area contributed by atoms with Crippen LogP contribution in [0.3, 0.4) is 0 Å². The molecule has 3 rings (SSSR count). The fraction of sp³-hybridized carbons (Fsp3) is 0.143. The summed E-state index contributed by atoms with van der Waals surface area (Å²) in [6, 6.07) is 10.1. The van der Waals surface area contributed by atoms with Gasteiger partial charge in [0.2, 0.25) is 0 Å². The van der Waals surface area contributed by atoms with Crippen LogP contribution in [0.1, 0.15) is 11.3 Å². The van der Waals surface area contributed by atoms with Gasteiger partial charge in [0.15, 0.2) is 0 Å². The van der Waals surface area contributed by atoms with E-state index in [1.807, 2.05) is 30.6 Å². The van der Waals surface area contributed by atoms with Crippen LogP contribution in [0.5, 0.6) is 0 Å². The number of rotatable bonds is 4. The van der Waals surface area contributed by atoms with Gasteiger partial charge < -0.3 is 9.84 Å². The number of benzene rings is 1. The predicted octanol–water partition coefficient (Wildman–Crippen LogP) is 2.51. The molecule has 0 bridgehead atoms. The molecule has 4 heteroatoms. The summed E-state index contributed by atoms with van der Waals surface area (Å²) in [6.07, 6.45) is 5.43. The average molecular weight is 239 g/mol. The van der Waals surface area contributed by atoms with Gasteiger partial charge in [0.05, 0.1) is 12.7 Å². The van der Waals surface area contributed by atoms with Crippen molar-refractivity contribution in [3.05, 3.63) is 60.2 Å². The molecule has 3 aromatic rings. The molecule has 1 aromatic carbocycles. The normalized spacial score (nSPS) is 10.9. The SMILES string of the molecule is c1ccc2c(CNCc3ccno3)cncc2c1. The van der Waals surface area contributed by atoms with Gasteiger partial charge in [-0.25, -0.2) is 0 Å². The van der Waals surface area contributed by atoms with Gasteiger partial charge in [0.1, 0.15) is 5.76 Å². The van der Waals surface area contributed by atoms with Gasteiger partial charge >= 0.3 is 0 Å². The summed E-state index contributed by atoms with van der Waals surface area (Å²) in [6.45, 7) is 1.43. The maximum Gasteiger partial charge on any atom is 0.150 e. The van der Waals surface area contributed by atoms with Crippen molar-refractivity contribution >= 4 is 10.8 Å². The average Bonchev–Trinajstić information content (AvgIpc) is 2.92. The van der Waals surface area contributed by atoms with Crippen molar-refractivity contribution in [2.75, 3.05) is 0 Å². The molecule has 90 valence electrons. The van der Waals surface area contributed by atoms with Gasteiger partial charge in [0, 0.05) is 30.4 Å². The summed E-state index contributed by atoms with van der Waals surface area (Å²) >= 11 is 0. The molecule has 0 fully saturated rings. The third-order valence-electron chi connectivity index (χ3n) is 2.86. The molecule has 0 saturated heterocycles. The molecular weight excluding hydrogens is 226 g/mol. The first-order chi connectivity index (χ1) is 8.93. The third kappa shape index (κ3) is 2.24.